The molecule has 1 unspecified atom stereocenters. The average Bonchev–Trinajstić information content (AvgIpc) is 2.62. The number of hydrogen-bond acceptors (Lipinski definition) is 2. The van der Waals surface area contributed by atoms with Crippen LogP contribution in [0.3, 0.4) is 0 Å². The first kappa shape index (κ1) is 17.0. The van der Waals surface area contributed by atoms with Crippen molar-refractivity contribution in [2.45, 2.75) is 25.9 Å². The third-order valence-electron chi connectivity index (χ3n) is 4.70. The lowest BCUT2D eigenvalue weighted by Gasteiger charge is -2.35. The monoisotopic (exact) mass is 343 g/mol. The maximum atomic E-state index is 12.7. The number of rotatable bonds is 3. The molecule has 2 atom stereocenters. The topological polar surface area (TPSA) is 40.5 Å². The van der Waals surface area contributed by atoms with Crippen LogP contribution in [0.25, 0.3) is 0 Å². The normalized spacial score (nSPS) is 19.1. The largest absolute Gasteiger partial charge is 0.388 e. The molecule has 1 heterocycles. The molecule has 1 fully saturated rings. The van der Waals surface area contributed by atoms with E-state index in [0.717, 1.165) is 30.5 Å². The van der Waals surface area contributed by atoms with Crippen LogP contribution in [0.2, 0.25) is 5.02 Å². The minimum atomic E-state index is -0.573. The highest BCUT2D eigenvalue weighted by Crippen LogP contribution is 2.31. The van der Waals surface area contributed by atoms with E-state index in [1.54, 1.807) is 12.1 Å². The lowest BCUT2D eigenvalue weighted by atomic mass is 9.88. The van der Waals surface area contributed by atoms with Gasteiger partial charge in [0.1, 0.15) is 0 Å². The maximum absolute atomic E-state index is 12.7. The van der Waals surface area contributed by atoms with Gasteiger partial charge in [-0.25, -0.2) is 0 Å². The summed E-state index contributed by atoms with van der Waals surface area (Å²) in [5, 5.41) is 11.3. The molecule has 0 radical (unpaired) electrons. The predicted octanol–water partition coefficient (Wildman–Crippen LogP) is 4.23. The fraction of sp³-hybridized carbons (Fsp3) is 0.350. The summed E-state index contributed by atoms with van der Waals surface area (Å²) in [6.45, 7) is 3.33. The van der Waals surface area contributed by atoms with E-state index in [1.165, 1.54) is 0 Å². The summed E-state index contributed by atoms with van der Waals surface area (Å²) in [7, 11) is 0. The molecule has 3 rings (SSSR count). The average molecular weight is 344 g/mol. The van der Waals surface area contributed by atoms with Crippen LogP contribution in [0.5, 0.6) is 0 Å². The quantitative estimate of drug-likeness (QED) is 0.905. The molecular formula is C20H22ClNO2. The number of carbonyl (C=O) groups excluding carboxylic acids is 1. The second kappa shape index (κ2) is 7.37. The van der Waals surface area contributed by atoms with Gasteiger partial charge in [-0.05, 0) is 49.6 Å². The molecule has 1 N–H and O–H groups in total. The van der Waals surface area contributed by atoms with E-state index < -0.39 is 6.10 Å². The molecule has 2 aromatic carbocycles. The SMILES string of the molecule is Cc1ccc(C(=O)N2CCCC([C@@H](O)c3ccc(Cl)cc3)C2)cc1. The first-order valence-corrected chi connectivity index (χ1v) is 8.72. The van der Waals surface area contributed by atoms with Gasteiger partial charge in [0.05, 0.1) is 6.10 Å². The molecular weight excluding hydrogens is 322 g/mol. The molecule has 24 heavy (non-hydrogen) atoms. The van der Waals surface area contributed by atoms with Crippen LogP contribution in [-0.2, 0) is 0 Å². The molecule has 1 amide bonds. The smallest absolute Gasteiger partial charge is 0.253 e. The molecule has 0 aromatic heterocycles. The Balaban J connectivity index is 1.70. The number of aliphatic hydroxyl groups excluding tert-OH is 1. The number of carbonyl (C=O) groups is 1. The van der Waals surface area contributed by atoms with Gasteiger partial charge in [-0.2, -0.15) is 0 Å². The highest BCUT2D eigenvalue weighted by atomic mass is 35.5. The van der Waals surface area contributed by atoms with E-state index in [4.69, 9.17) is 11.6 Å². The van der Waals surface area contributed by atoms with Crippen LogP contribution in [0, 0.1) is 12.8 Å². The van der Waals surface area contributed by atoms with Crippen molar-refractivity contribution in [2.24, 2.45) is 5.92 Å². The Morgan fingerprint density at radius 3 is 2.50 bits per heavy atom. The zero-order chi connectivity index (χ0) is 17.1. The van der Waals surface area contributed by atoms with Crippen molar-refractivity contribution in [3.63, 3.8) is 0 Å². The van der Waals surface area contributed by atoms with Crippen LogP contribution in [-0.4, -0.2) is 29.0 Å². The molecule has 3 nitrogen and oxygen atoms in total. The van der Waals surface area contributed by atoms with Gasteiger partial charge in [-0.1, -0.05) is 41.4 Å². The number of nitrogens with zero attached hydrogens (tertiary/aromatic N) is 1. The molecule has 126 valence electrons. The lowest BCUT2D eigenvalue weighted by Crippen LogP contribution is -2.41. The van der Waals surface area contributed by atoms with Gasteiger partial charge in [-0.3, -0.25) is 4.79 Å². The fourth-order valence-electron chi connectivity index (χ4n) is 3.26. The van der Waals surface area contributed by atoms with Crippen molar-refractivity contribution in [1.82, 2.24) is 4.90 Å². The Morgan fingerprint density at radius 2 is 1.83 bits per heavy atom. The molecule has 1 saturated heterocycles. The molecule has 0 saturated carbocycles. The van der Waals surface area contributed by atoms with Crippen molar-refractivity contribution in [2.75, 3.05) is 13.1 Å². The summed E-state index contributed by atoms with van der Waals surface area (Å²) in [5.74, 6) is 0.0947. The van der Waals surface area contributed by atoms with Gasteiger partial charge in [-0.15, -0.1) is 0 Å². The molecule has 4 heteroatoms. The van der Waals surface area contributed by atoms with Gasteiger partial charge >= 0.3 is 0 Å². The maximum Gasteiger partial charge on any atom is 0.253 e. The van der Waals surface area contributed by atoms with E-state index in [2.05, 4.69) is 0 Å². The number of aliphatic hydroxyl groups is 1. The number of piperidine rings is 1. The van der Waals surface area contributed by atoms with Crippen LogP contribution in [0.1, 0.15) is 40.4 Å². The van der Waals surface area contributed by atoms with Crippen molar-refractivity contribution in [1.29, 1.82) is 0 Å². The lowest BCUT2D eigenvalue weighted by molar-refractivity contribution is 0.0401. The second-order valence-corrected chi connectivity index (χ2v) is 6.95. The number of benzene rings is 2. The predicted molar refractivity (Wildman–Crippen MR) is 96.2 cm³/mol. The molecule has 1 aliphatic heterocycles. The molecule has 2 aromatic rings. The van der Waals surface area contributed by atoms with Crippen LogP contribution in [0.15, 0.2) is 48.5 Å². The highest BCUT2D eigenvalue weighted by molar-refractivity contribution is 6.30. The van der Waals surface area contributed by atoms with E-state index in [9.17, 15) is 9.90 Å². The summed E-state index contributed by atoms with van der Waals surface area (Å²) in [5.41, 5.74) is 2.71. The van der Waals surface area contributed by atoms with Crippen molar-refractivity contribution in [3.05, 3.63) is 70.2 Å². The van der Waals surface area contributed by atoms with E-state index in [1.807, 2.05) is 48.2 Å². The summed E-state index contributed by atoms with van der Waals surface area (Å²) in [6.07, 6.45) is 1.25. The molecule has 1 aliphatic rings. The van der Waals surface area contributed by atoms with Crippen LogP contribution < -0.4 is 0 Å². The molecule has 0 spiro atoms. The number of halogens is 1. The Hall–Kier alpha value is -1.84. The minimum absolute atomic E-state index is 0.0445. The van der Waals surface area contributed by atoms with E-state index >= 15 is 0 Å². The Kier molecular flexibility index (Phi) is 5.22. The number of hydrogen-bond donors (Lipinski definition) is 1. The fourth-order valence-corrected chi connectivity index (χ4v) is 3.39. The summed E-state index contributed by atoms with van der Waals surface area (Å²) in [6, 6.07) is 14.9. The molecule has 0 bridgehead atoms. The van der Waals surface area contributed by atoms with Crippen LogP contribution >= 0.6 is 11.6 Å². The first-order valence-electron chi connectivity index (χ1n) is 8.34. The van der Waals surface area contributed by atoms with Gasteiger partial charge in [0.25, 0.3) is 5.91 Å². The summed E-state index contributed by atoms with van der Waals surface area (Å²) < 4.78 is 0. The van der Waals surface area contributed by atoms with E-state index in [-0.39, 0.29) is 11.8 Å². The Bertz CT molecular complexity index is 697. The second-order valence-electron chi connectivity index (χ2n) is 6.52. The minimum Gasteiger partial charge on any atom is -0.388 e. The van der Waals surface area contributed by atoms with Gasteiger partial charge < -0.3 is 10.0 Å². The van der Waals surface area contributed by atoms with Crippen molar-refractivity contribution in [3.8, 4) is 0 Å². The standard InChI is InChI=1S/C20H22ClNO2/c1-14-4-6-16(7-5-14)20(24)22-12-2-3-17(13-22)19(23)15-8-10-18(21)11-9-15/h4-11,17,19,23H,2-3,12-13H2,1H3/t17?,19-/m0/s1. The van der Waals surface area contributed by atoms with E-state index in [0.29, 0.717) is 17.1 Å². The van der Waals surface area contributed by atoms with Gasteiger partial charge in [0.2, 0.25) is 0 Å². The Labute approximate surface area is 147 Å². The number of likely N-dealkylation sites (tertiary alicyclic amines) is 1. The van der Waals surface area contributed by atoms with Crippen molar-refractivity contribution >= 4 is 17.5 Å². The first-order chi connectivity index (χ1) is 11.5. The van der Waals surface area contributed by atoms with Crippen molar-refractivity contribution < 1.29 is 9.90 Å². The number of aryl methyl sites for hydroxylation is 1. The van der Waals surface area contributed by atoms with Gasteiger partial charge in [0, 0.05) is 29.6 Å². The molecule has 0 aliphatic carbocycles. The van der Waals surface area contributed by atoms with Crippen LogP contribution in [0.4, 0.5) is 0 Å². The van der Waals surface area contributed by atoms with Gasteiger partial charge in [0.15, 0.2) is 0 Å². The zero-order valence-electron chi connectivity index (χ0n) is 13.8. The third-order valence-corrected chi connectivity index (χ3v) is 4.95. The summed E-state index contributed by atoms with van der Waals surface area (Å²) in [4.78, 5) is 14.5. The number of amides is 1. The summed E-state index contributed by atoms with van der Waals surface area (Å²) >= 11 is 5.91. The Morgan fingerprint density at radius 1 is 1.17 bits per heavy atom. The highest BCUT2D eigenvalue weighted by Gasteiger charge is 2.29. The zero-order valence-corrected chi connectivity index (χ0v) is 14.5. The third kappa shape index (κ3) is 3.80.